The number of amidine groups is 1. The molecule has 19 heavy (non-hydrogen) atoms. The van der Waals surface area contributed by atoms with Crippen molar-refractivity contribution in [2.75, 3.05) is 0 Å². The number of pyridine rings is 1. The van der Waals surface area contributed by atoms with Crippen LogP contribution < -0.4 is 10.5 Å². The number of hydrogen-bond donors (Lipinski definition) is 3. The van der Waals surface area contributed by atoms with Crippen molar-refractivity contribution < 1.29 is 9.84 Å². The largest absolute Gasteiger partial charge is 0.489 e. The normalized spacial score (nSPS) is 10.2. The van der Waals surface area contributed by atoms with Crippen molar-refractivity contribution >= 4 is 5.84 Å². The topological polar surface area (TPSA) is 92.2 Å². The Bertz CT molecular complexity index is 567. The summed E-state index contributed by atoms with van der Waals surface area (Å²) >= 11 is 0. The molecular formula is C14H15N3O2. The van der Waals surface area contributed by atoms with E-state index in [1.807, 2.05) is 6.07 Å². The molecule has 0 atom stereocenters. The summed E-state index contributed by atoms with van der Waals surface area (Å²) in [7, 11) is 0. The third kappa shape index (κ3) is 3.29. The monoisotopic (exact) mass is 257 g/mol. The maximum Gasteiger partial charge on any atom is 0.142 e. The van der Waals surface area contributed by atoms with E-state index in [2.05, 4.69) is 4.98 Å². The maximum atomic E-state index is 8.95. The van der Waals surface area contributed by atoms with E-state index in [4.69, 9.17) is 21.0 Å². The van der Waals surface area contributed by atoms with Crippen LogP contribution in [0.1, 0.15) is 16.8 Å². The van der Waals surface area contributed by atoms with Gasteiger partial charge in [-0.3, -0.25) is 10.4 Å². The first kappa shape index (κ1) is 13.0. The molecule has 1 heterocycles. The molecule has 0 spiro atoms. The van der Waals surface area contributed by atoms with Gasteiger partial charge >= 0.3 is 0 Å². The Hall–Kier alpha value is -2.40. The van der Waals surface area contributed by atoms with Crippen LogP contribution in [0.15, 0.2) is 42.6 Å². The molecule has 0 unspecified atom stereocenters. The number of rotatable bonds is 5. The summed E-state index contributed by atoms with van der Waals surface area (Å²) in [5.74, 6) is 0.616. The van der Waals surface area contributed by atoms with E-state index >= 15 is 0 Å². The molecule has 0 aliphatic carbocycles. The van der Waals surface area contributed by atoms with Crippen LogP contribution in [0.2, 0.25) is 0 Å². The highest BCUT2D eigenvalue weighted by molar-refractivity contribution is 5.94. The van der Waals surface area contributed by atoms with Crippen LogP contribution in [0.4, 0.5) is 0 Å². The molecule has 0 aliphatic rings. The predicted octanol–water partition coefficient (Wildman–Crippen LogP) is 1.44. The lowest BCUT2D eigenvalue weighted by Crippen LogP contribution is -2.16. The minimum Gasteiger partial charge on any atom is -0.489 e. The average molecular weight is 257 g/mol. The smallest absolute Gasteiger partial charge is 0.142 e. The minimum atomic E-state index is -0.0742. The SMILES string of the molecule is N=C(N)c1ncccc1COc1ccc(CO)cc1. The molecule has 5 nitrogen and oxygen atoms in total. The van der Waals surface area contributed by atoms with Gasteiger partial charge in [0.25, 0.3) is 0 Å². The van der Waals surface area contributed by atoms with E-state index in [0.717, 1.165) is 11.1 Å². The van der Waals surface area contributed by atoms with Crippen LogP contribution in [0.25, 0.3) is 0 Å². The zero-order valence-corrected chi connectivity index (χ0v) is 10.3. The summed E-state index contributed by atoms with van der Waals surface area (Å²) in [4.78, 5) is 4.06. The summed E-state index contributed by atoms with van der Waals surface area (Å²) in [6.45, 7) is 0.304. The third-order valence-corrected chi connectivity index (χ3v) is 2.65. The van der Waals surface area contributed by atoms with Gasteiger partial charge in [0, 0.05) is 11.8 Å². The second-order valence-corrected chi connectivity index (χ2v) is 4.02. The van der Waals surface area contributed by atoms with E-state index in [1.165, 1.54) is 0 Å². The van der Waals surface area contributed by atoms with E-state index in [1.54, 1.807) is 36.5 Å². The van der Waals surface area contributed by atoms with E-state index in [9.17, 15) is 0 Å². The fraction of sp³-hybridized carbons (Fsp3) is 0.143. The minimum absolute atomic E-state index is 0.0113. The average Bonchev–Trinajstić information content (AvgIpc) is 2.46. The molecule has 0 aliphatic heterocycles. The number of nitrogens with one attached hydrogen (secondary N) is 1. The highest BCUT2D eigenvalue weighted by Crippen LogP contribution is 2.15. The lowest BCUT2D eigenvalue weighted by molar-refractivity contribution is 0.280. The van der Waals surface area contributed by atoms with Crippen molar-refractivity contribution in [1.29, 1.82) is 5.41 Å². The van der Waals surface area contributed by atoms with Crippen LogP contribution >= 0.6 is 0 Å². The van der Waals surface area contributed by atoms with E-state index < -0.39 is 0 Å². The van der Waals surface area contributed by atoms with Gasteiger partial charge in [-0.15, -0.1) is 0 Å². The summed E-state index contributed by atoms with van der Waals surface area (Å²) in [6, 6.07) is 10.8. The highest BCUT2D eigenvalue weighted by atomic mass is 16.5. The number of hydrogen-bond acceptors (Lipinski definition) is 4. The van der Waals surface area contributed by atoms with Crippen molar-refractivity contribution in [1.82, 2.24) is 4.98 Å². The van der Waals surface area contributed by atoms with Crippen molar-refractivity contribution in [2.24, 2.45) is 5.73 Å². The molecule has 0 saturated carbocycles. The number of aliphatic hydroxyl groups excluding tert-OH is 1. The lowest BCUT2D eigenvalue weighted by Gasteiger charge is -2.09. The molecule has 98 valence electrons. The Morgan fingerprint density at radius 3 is 2.63 bits per heavy atom. The number of nitrogen functional groups attached to an aromatic ring is 1. The first-order valence-corrected chi connectivity index (χ1v) is 5.81. The molecule has 4 N–H and O–H groups in total. The van der Waals surface area contributed by atoms with Crippen molar-refractivity contribution in [3.05, 3.63) is 59.4 Å². The molecule has 2 rings (SSSR count). The number of nitrogens with two attached hydrogens (primary N) is 1. The van der Waals surface area contributed by atoms with Crippen LogP contribution in [0.5, 0.6) is 5.75 Å². The number of nitrogens with zero attached hydrogens (tertiary/aromatic N) is 1. The summed E-state index contributed by atoms with van der Waals surface area (Å²) in [5.41, 5.74) is 7.49. The molecule has 2 aromatic rings. The lowest BCUT2D eigenvalue weighted by atomic mass is 10.2. The Morgan fingerprint density at radius 1 is 1.26 bits per heavy atom. The first-order chi connectivity index (χ1) is 9.20. The van der Waals surface area contributed by atoms with Crippen LogP contribution in [0, 0.1) is 5.41 Å². The Labute approximate surface area is 111 Å². The van der Waals surface area contributed by atoms with Crippen LogP contribution in [-0.2, 0) is 13.2 Å². The number of aromatic nitrogens is 1. The first-order valence-electron chi connectivity index (χ1n) is 5.81. The van der Waals surface area contributed by atoms with Crippen molar-refractivity contribution in [2.45, 2.75) is 13.2 Å². The van der Waals surface area contributed by atoms with Crippen LogP contribution in [-0.4, -0.2) is 15.9 Å². The Morgan fingerprint density at radius 2 is 2.00 bits per heavy atom. The van der Waals surface area contributed by atoms with Gasteiger partial charge in [-0.05, 0) is 23.8 Å². The summed E-state index contributed by atoms with van der Waals surface area (Å²) in [6.07, 6.45) is 1.59. The highest BCUT2D eigenvalue weighted by Gasteiger charge is 2.06. The van der Waals surface area contributed by atoms with Gasteiger partial charge in [0.15, 0.2) is 0 Å². The fourth-order valence-electron chi connectivity index (χ4n) is 1.65. The predicted molar refractivity (Wildman–Crippen MR) is 71.9 cm³/mol. The van der Waals surface area contributed by atoms with Crippen molar-refractivity contribution in [3.8, 4) is 5.75 Å². The van der Waals surface area contributed by atoms with Crippen LogP contribution in [0.3, 0.4) is 0 Å². The number of benzene rings is 1. The third-order valence-electron chi connectivity index (χ3n) is 2.65. The molecular weight excluding hydrogens is 242 g/mol. The van der Waals surface area contributed by atoms with Crippen molar-refractivity contribution in [3.63, 3.8) is 0 Å². The molecule has 1 aromatic heterocycles. The Balaban J connectivity index is 2.07. The molecule has 0 radical (unpaired) electrons. The molecule has 0 amide bonds. The second-order valence-electron chi connectivity index (χ2n) is 4.02. The molecule has 0 bridgehead atoms. The molecule has 1 aromatic carbocycles. The number of ether oxygens (including phenoxy) is 1. The fourth-order valence-corrected chi connectivity index (χ4v) is 1.65. The van der Waals surface area contributed by atoms with Gasteiger partial charge in [0.1, 0.15) is 23.9 Å². The van der Waals surface area contributed by atoms with E-state index in [0.29, 0.717) is 18.1 Å². The molecule has 5 heteroatoms. The zero-order valence-electron chi connectivity index (χ0n) is 10.3. The Kier molecular flexibility index (Phi) is 4.10. The van der Waals surface area contributed by atoms with Gasteiger partial charge in [-0.2, -0.15) is 0 Å². The maximum absolute atomic E-state index is 8.95. The molecule has 0 saturated heterocycles. The standard InChI is InChI=1S/C14H15N3O2/c15-14(16)13-11(2-1-7-17-13)9-19-12-5-3-10(8-18)4-6-12/h1-7,18H,8-9H2,(H3,15,16). The van der Waals surface area contributed by atoms with Gasteiger partial charge in [-0.1, -0.05) is 18.2 Å². The zero-order chi connectivity index (χ0) is 13.7. The van der Waals surface area contributed by atoms with Gasteiger partial charge in [0.2, 0.25) is 0 Å². The van der Waals surface area contributed by atoms with Gasteiger partial charge < -0.3 is 15.6 Å². The van der Waals surface area contributed by atoms with E-state index in [-0.39, 0.29) is 12.4 Å². The second kappa shape index (κ2) is 5.97. The molecule has 0 fully saturated rings. The number of aliphatic hydroxyl groups is 1. The quantitative estimate of drug-likeness (QED) is 0.558. The van der Waals surface area contributed by atoms with Gasteiger partial charge in [0.05, 0.1) is 6.61 Å². The summed E-state index contributed by atoms with van der Waals surface area (Å²) < 4.78 is 5.61. The van der Waals surface area contributed by atoms with Gasteiger partial charge in [-0.25, -0.2) is 0 Å². The summed E-state index contributed by atoms with van der Waals surface area (Å²) in [5, 5.41) is 16.4.